The first-order chi connectivity index (χ1) is 9.83. The summed E-state index contributed by atoms with van der Waals surface area (Å²) in [5.74, 6) is 1.26. The molecule has 0 atom stereocenters. The van der Waals surface area contributed by atoms with Crippen LogP contribution in [0.25, 0.3) is 0 Å². The third kappa shape index (κ3) is 5.30. The van der Waals surface area contributed by atoms with E-state index in [1.54, 1.807) is 12.1 Å². The summed E-state index contributed by atoms with van der Waals surface area (Å²) in [5.41, 5.74) is 1.01. The predicted molar refractivity (Wildman–Crippen MR) is 85.0 cm³/mol. The summed E-state index contributed by atoms with van der Waals surface area (Å²) < 4.78 is 5.24. The monoisotopic (exact) mass is 327 g/mol. The Morgan fingerprint density at radius 3 is 2.67 bits per heavy atom. The topological polar surface area (TPSA) is 51.0 Å². The number of hydrogen-bond acceptors (Lipinski definition) is 4. The highest BCUT2D eigenvalue weighted by Crippen LogP contribution is 2.22. The molecular weight excluding hydrogens is 309 g/mol. The van der Waals surface area contributed by atoms with Gasteiger partial charge in [0.05, 0.1) is 0 Å². The molecule has 1 heterocycles. The van der Waals surface area contributed by atoms with Gasteiger partial charge in [-0.1, -0.05) is 34.4 Å². The fourth-order valence-corrected chi connectivity index (χ4v) is 2.32. The first-order valence-corrected chi connectivity index (χ1v) is 7.59. The fourth-order valence-electron chi connectivity index (χ4n) is 1.84. The van der Waals surface area contributed by atoms with Crippen molar-refractivity contribution in [3.8, 4) is 0 Å². The maximum absolute atomic E-state index is 6.14. The van der Waals surface area contributed by atoms with Gasteiger partial charge in [-0.15, -0.1) is 0 Å². The predicted octanol–water partition coefficient (Wildman–Crippen LogP) is 3.90. The van der Waals surface area contributed by atoms with Crippen molar-refractivity contribution in [3.05, 3.63) is 45.5 Å². The molecule has 0 fully saturated rings. The normalized spacial score (nSPS) is 11.9. The Balaban J connectivity index is 1.94. The molecule has 4 nitrogen and oxygen atoms in total. The van der Waals surface area contributed by atoms with Gasteiger partial charge in [0, 0.05) is 35.0 Å². The average molecular weight is 328 g/mol. The molecule has 6 heteroatoms. The van der Waals surface area contributed by atoms with E-state index in [-0.39, 0.29) is 5.54 Å². The van der Waals surface area contributed by atoms with Crippen LogP contribution in [0.3, 0.4) is 0 Å². The molecule has 1 aromatic heterocycles. The van der Waals surface area contributed by atoms with Gasteiger partial charge in [0.15, 0.2) is 5.82 Å². The van der Waals surface area contributed by atoms with Gasteiger partial charge in [-0.3, -0.25) is 0 Å². The van der Waals surface area contributed by atoms with Crippen molar-refractivity contribution in [2.45, 2.75) is 39.2 Å². The van der Waals surface area contributed by atoms with E-state index in [1.165, 1.54) is 0 Å². The second-order valence-electron chi connectivity index (χ2n) is 5.94. The smallest absolute Gasteiger partial charge is 0.227 e. The van der Waals surface area contributed by atoms with E-state index in [9.17, 15) is 0 Å². The van der Waals surface area contributed by atoms with E-state index in [0.29, 0.717) is 34.6 Å². The molecule has 1 N–H and O–H groups in total. The lowest BCUT2D eigenvalue weighted by atomic mass is 10.1. The molecule has 0 bridgehead atoms. The van der Waals surface area contributed by atoms with Gasteiger partial charge in [0.25, 0.3) is 0 Å². The molecule has 0 saturated heterocycles. The Morgan fingerprint density at radius 1 is 1.24 bits per heavy atom. The Labute approximate surface area is 134 Å². The lowest BCUT2D eigenvalue weighted by molar-refractivity contribution is 0.359. The van der Waals surface area contributed by atoms with Crippen LogP contribution in [-0.4, -0.2) is 22.2 Å². The molecule has 0 aliphatic heterocycles. The van der Waals surface area contributed by atoms with Crippen LogP contribution in [-0.2, 0) is 12.8 Å². The first kappa shape index (κ1) is 16.3. The molecule has 114 valence electrons. The summed E-state index contributed by atoms with van der Waals surface area (Å²) in [6.07, 6.45) is 1.24. The molecular formula is C15H19Cl2N3O. The van der Waals surface area contributed by atoms with E-state index in [2.05, 4.69) is 36.2 Å². The van der Waals surface area contributed by atoms with Crippen molar-refractivity contribution in [1.82, 2.24) is 15.5 Å². The lowest BCUT2D eigenvalue weighted by Gasteiger charge is -2.19. The number of halogens is 2. The van der Waals surface area contributed by atoms with Crippen molar-refractivity contribution in [1.29, 1.82) is 0 Å². The van der Waals surface area contributed by atoms with Crippen molar-refractivity contribution in [2.24, 2.45) is 0 Å². The number of benzene rings is 1. The fraction of sp³-hybridized carbons (Fsp3) is 0.467. The molecule has 1 aromatic carbocycles. The van der Waals surface area contributed by atoms with Gasteiger partial charge < -0.3 is 9.84 Å². The maximum Gasteiger partial charge on any atom is 0.227 e. The summed E-state index contributed by atoms with van der Waals surface area (Å²) in [6, 6.07) is 5.39. The Bertz CT molecular complexity index is 605. The molecule has 21 heavy (non-hydrogen) atoms. The van der Waals surface area contributed by atoms with Gasteiger partial charge in [-0.05, 0) is 38.5 Å². The highest BCUT2D eigenvalue weighted by molar-refractivity contribution is 6.35. The van der Waals surface area contributed by atoms with E-state index >= 15 is 0 Å². The number of nitrogens with zero attached hydrogens (tertiary/aromatic N) is 2. The average Bonchev–Trinajstić information content (AvgIpc) is 2.79. The third-order valence-corrected chi connectivity index (χ3v) is 3.45. The zero-order chi connectivity index (χ0) is 15.5. The molecule has 0 amide bonds. The van der Waals surface area contributed by atoms with Crippen LogP contribution in [0.15, 0.2) is 22.7 Å². The Morgan fingerprint density at radius 2 is 2.00 bits per heavy atom. The van der Waals surface area contributed by atoms with Crippen molar-refractivity contribution >= 4 is 23.2 Å². The second kappa shape index (κ2) is 6.77. The summed E-state index contributed by atoms with van der Waals surface area (Å²) in [6.45, 7) is 7.16. The molecule has 2 aromatic rings. The molecule has 0 aliphatic rings. The molecule has 0 aliphatic carbocycles. The first-order valence-electron chi connectivity index (χ1n) is 6.84. The largest absolute Gasteiger partial charge is 0.339 e. The quantitative estimate of drug-likeness (QED) is 0.904. The number of hydrogen-bond donors (Lipinski definition) is 1. The molecule has 0 unspecified atom stereocenters. The van der Waals surface area contributed by atoms with Gasteiger partial charge in [-0.25, -0.2) is 0 Å². The van der Waals surface area contributed by atoms with E-state index in [4.69, 9.17) is 27.7 Å². The molecule has 0 spiro atoms. The summed E-state index contributed by atoms with van der Waals surface area (Å²) in [5, 5.41) is 8.60. The summed E-state index contributed by atoms with van der Waals surface area (Å²) >= 11 is 12.0. The Hall–Kier alpha value is -1.10. The van der Waals surface area contributed by atoms with Gasteiger partial charge >= 0.3 is 0 Å². The zero-order valence-electron chi connectivity index (χ0n) is 12.4. The second-order valence-corrected chi connectivity index (χ2v) is 6.79. The molecule has 2 rings (SSSR count). The molecule has 0 radical (unpaired) electrons. The van der Waals surface area contributed by atoms with Crippen molar-refractivity contribution in [2.75, 3.05) is 6.54 Å². The zero-order valence-corrected chi connectivity index (χ0v) is 13.9. The van der Waals surface area contributed by atoms with Crippen LogP contribution in [0.5, 0.6) is 0 Å². The van der Waals surface area contributed by atoms with Crippen LogP contribution in [0.4, 0.5) is 0 Å². The van der Waals surface area contributed by atoms with Gasteiger partial charge in [-0.2, -0.15) is 4.98 Å². The number of aromatic nitrogens is 2. The standard InChI is InChI=1S/C15H19Cl2N3O/c1-15(2,3)18-7-6-14-19-13(20-21-14)8-10-4-5-11(16)9-12(10)17/h4-5,9,18H,6-8H2,1-3H3. The van der Waals surface area contributed by atoms with Crippen molar-refractivity contribution in [3.63, 3.8) is 0 Å². The number of rotatable bonds is 5. The SMILES string of the molecule is CC(C)(C)NCCc1nc(Cc2ccc(Cl)cc2Cl)no1. The summed E-state index contributed by atoms with van der Waals surface area (Å²) in [7, 11) is 0. The number of nitrogens with one attached hydrogen (secondary N) is 1. The highest BCUT2D eigenvalue weighted by Gasteiger charge is 2.12. The van der Waals surface area contributed by atoms with E-state index < -0.39 is 0 Å². The van der Waals surface area contributed by atoms with Crippen LogP contribution in [0.1, 0.15) is 38.0 Å². The molecule has 0 saturated carbocycles. The van der Waals surface area contributed by atoms with E-state index in [1.807, 2.05) is 6.07 Å². The van der Waals surface area contributed by atoms with Crippen LogP contribution >= 0.6 is 23.2 Å². The van der Waals surface area contributed by atoms with E-state index in [0.717, 1.165) is 12.1 Å². The van der Waals surface area contributed by atoms with Gasteiger partial charge in [0.2, 0.25) is 5.89 Å². The third-order valence-electron chi connectivity index (χ3n) is 2.87. The minimum absolute atomic E-state index is 0.0830. The van der Waals surface area contributed by atoms with Crippen molar-refractivity contribution < 1.29 is 4.52 Å². The summed E-state index contributed by atoms with van der Waals surface area (Å²) in [4.78, 5) is 4.38. The lowest BCUT2D eigenvalue weighted by Crippen LogP contribution is -2.37. The minimum atomic E-state index is 0.0830. The van der Waals surface area contributed by atoms with Crippen LogP contribution in [0.2, 0.25) is 10.0 Å². The maximum atomic E-state index is 6.14. The minimum Gasteiger partial charge on any atom is -0.339 e. The highest BCUT2D eigenvalue weighted by atomic mass is 35.5. The van der Waals surface area contributed by atoms with Crippen LogP contribution < -0.4 is 5.32 Å². The Kier molecular flexibility index (Phi) is 5.25. The van der Waals surface area contributed by atoms with Gasteiger partial charge in [0.1, 0.15) is 0 Å². The van der Waals surface area contributed by atoms with Crippen LogP contribution in [0, 0.1) is 0 Å².